The highest BCUT2D eigenvalue weighted by molar-refractivity contribution is 5.92. The van der Waals surface area contributed by atoms with Crippen LogP contribution in [-0.2, 0) is 4.74 Å². The van der Waals surface area contributed by atoms with E-state index in [9.17, 15) is 9.59 Å². The number of hydrogen-bond acceptors (Lipinski definition) is 5. The van der Waals surface area contributed by atoms with Gasteiger partial charge in [-0.2, -0.15) is 0 Å². The van der Waals surface area contributed by atoms with E-state index in [2.05, 4.69) is 10.5 Å². The highest BCUT2D eigenvalue weighted by Gasteiger charge is 2.30. The van der Waals surface area contributed by atoms with E-state index in [0.717, 1.165) is 18.6 Å². The SMILES string of the molecule is CC(C)(C)OC(=O)N1CCC(NC(=O)c2cc(C3CC3)on2)CC1. The minimum Gasteiger partial charge on any atom is -0.444 e. The number of nitrogens with one attached hydrogen (secondary N) is 1. The van der Waals surface area contributed by atoms with Crippen LogP contribution in [0.25, 0.3) is 0 Å². The fraction of sp³-hybridized carbons (Fsp3) is 0.706. The smallest absolute Gasteiger partial charge is 0.410 e. The van der Waals surface area contributed by atoms with Crippen LogP contribution in [0.2, 0.25) is 0 Å². The lowest BCUT2D eigenvalue weighted by Gasteiger charge is -2.33. The fourth-order valence-corrected chi connectivity index (χ4v) is 2.75. The Bertz CT molecular complexity index is 608. The fourth-order valence-electron chi connectivity index (χ4n) is 2.75. The Morgan fingerprint density at radius 1 is 1.25 bits per heavy atom. The minimum atomic E-state index is -0.492. The van der Waals surface area contributed by atoms with Crippen LogP contribution in [-0.4, -0.2) is 46.8 Å². The third kappa shape index (κ3) is 4.27. The van der Waals surface area contributed by atoms with E-state index in [1.165, 1.54) is 0 Å². The van der Waals surface area contributed by atoms with E-state index in [1.807, 2.05) is 20.8 Å². The number of carbonyl (C=O) groups excluding carboxylic acids is 2. The van der Waals surface area contributed by atoms with Gasteiger partial charge in [-0.05, 0) is 46.5 Å². The van der Waals surface area contributed by atoms with E-state index in [4.69, 9.17) is 9.26 Å². The zero-order valence-electron chi connectivity index (χ0n) is 14.5. The minimum absolute atomic E-state index is 0.0391. The summed E-state index contributed by atoms with van der Waals surface area (Å²) in [6.07, 6.45) is 3.34. The van der Waals surface area contributed by atoms with Gasteiger partial charge in [-0.25, -0.2) is 4.79 Å². The zero-order chi connectivity index (χ0) is 17.3. The number of amides is 2. The normalized spacial score (nSPS) is 19.2. The summed E-state index contributed by atoms with van der Waals surface area (Å²) in [5.41, 5.74) is -0.152. The van der Waals surface area contributed by atoms with Crippen LogP contribution < -0.4 is 5.32 Å². The molecule has 2 aliphatic rings. The molecule has 1 aromatic rings. The molecule has 132 valence electrons. The number of rotatable bonds is 3. The quantitative estimate of drug-likeness (QED) is 0.918. The average Bonchev–Trinajstić information content (AvgIpc) is 3.23. The van der Waals surface area contributed by atoms with Gasteiger partial charge >= 0.3 is 6.09 Å². The van der Waals surface area contributed by atoms with Crippen LogP contribution in [0.1, 0.15) is 68.6 Å². The third-order valence-corrected chi connectivity index (χ3v) is 4.22. The van der Waals surface area contributed by atoms with Gasteiger partial charge in [-0.1, -0.05) is 5.16 Å². The molecule has 24 heavy (non-hydrogen) atoms. The van der Waals surface area contributed by atoms with E-state index >= 15 is 0 Å². The van der Waals surface area contributed by atoms with Crippen LogP contribution in [0.5, 0.6) is 0 Å². The molecular formula is C17H25N3O4. The van der Waals surface area contributed by atoms with Gasteiger partial charge < -0.3 is 19.5 Å². The van der Waals surface area contributed by atoms with Crippen LogP contribution in [0, 0.1) is 0 Å². The van der Waals surface area contributed by atoms with E-state index < -0.39 is 5.60 Å². The molecule has 0 atom stereocenters. The first-order chi connectivity index (χ1) is 11.3. The summed E-state index contributed by atoms with van der Waals surface area (Å²) < 4.78 is 10.6. The molecule has 3 rings (SSSR count). The molecule has 0 radical (unpaired) electrons. The maximum atomic E-state index is 12.2. The first-order valence-corrected chi connectivity index (χ1v) is 8.57. The van der Waals surface area contributed by atoms with Crippen molar-refractivity contribution in [3.05, 3.63) is 17.5 Å². The first kappa shape index (κ1) is 16.8. The lowest BCUT2D eigenvalue weighted by molar-refractivity contribution is 0.0199. The van der Waals surface area contributed by atoms with Gasteiger partial charge in [-0.15, -0.1) is 0 Å². The number of hydrogen-bond donors (Lipinski definition) is 1. The van der Waals surface area contributed by atoms with Crippen LogP contribution >= 0.6 is 0 Å². The standard InChI is InChI=1S/C17H25N3O4/c1-17(2,3)23-16(22)20-8-6-12(7-9-20)18-15(21)13-10-14(24-19-13)11-4-5-11/h10-12H,4-9H2,1-3H3,(H,18,21). The molecule has 1 N–H and O–H groups in total. The van der Waals surface area contributed by atoms with Crippen LogP contribution in [0.15, 0.2) is 10.6 Å². The second kappa shape index (κ2) is 6.45. The molecule has 0 aromatic carbocycles. The van der Waals surface area contributed by atoms with Crippen molar-refractivity contribution in [3.63, 3.8) is 0 Å². The summed E-state index contributed by atoms with van der Waals surface area (Å²) in [5.74, 6) is 1.04. The van der Waals surface area contributed by atoms with Crippen LogP contribution in [0.3, 0.4) is 0 Å². The summed E-state index contributed by atoms with van der Waals surface area (Å²) in [6.45, 7) is 6.71. The number of likely N-dealkylation sites (tertiary alicyclic amines) is 1. The Morgan fingerprint density at radius 2 is 1.92 bits per heavy atom. The number of aromatic nitrogens is 1. The Balaban J connectivity index is 1.46. The Labute approximate surface area is 141 Å². The summed E-state index contributed by atoms with van der Waals surface area (Å²) >= 11 is 0. The maximum absolute atomic E-state index is 12.2. The van der Waals surface area contributed by atoms with Gasteiger partial charge in [0.2, 0.25) is 0 Å². The van der Waals surface area contributed by atoms with Crippen molar-refractivity contribution in [2.45, 2.75) is 64.0 Å². The summed E-state index contributed by atoms with van der Waals surface area (Å²) in [4.78, 5) is 26.0. The van der Waals surface area contributed by atoms with Crippen molar-refractivity contribution < 1.29 is 18.8 Å². The number of carbonyl (C=O) groups is 2. The topological polar surface area (TPSA) is 84.7 Å². The van der Waals surface area contributed by atoms with Crippen LogP contribution in [0.4, 0.5) is 4.79 Å². The number of nitrogens with zero attached hydrogens (tertiary/aromatic N) is 2. The predicted molar refractivity (Wildman–Crippen MR) is 86.8 cm³/mol. The Morgan fingerprint density at radius 3 is 2.50 bits per heavy atom. The van der Waals surface area contributed by atoms with Crippen molar-refractivity contribution in [2.75, 3.05) is 13.1 Å². The molecule has 1 aliphatic carbocycles. The third-order valence-electron chi connectivity index (χ3n) is 4.22. The number of piperidine rings is 1. The molecule has 0 spiro atoms. The average molecular weight is 335 g/mol. The van der Waals surface area contributed by atoms with Gasteiger partial charge in [0.25, 0.3) is 5.91 Å². The zero-order valence-corrected chi connectivity index (χ0v) is 14.5. The molecule has 0 unspecified atom stereocenters. The van der Waals surface area contributed by atoms with Gasteiger partial charge in [-0.3, -0.25) is 4.79 Å². The summed E-state index contributed by atoms with van der Waals surface area (Å²) in [5, 5.41) is 6.83. The second-order valence-electron chi connectivity index (χ2n) is 7.60. The number of ether oxygens (including phenoxy) is 1. The van der Waals surface area contributed by atoms with Gasteiger partial charge in [0.1, 0.15) is 11.4 Å². The molecule has 7 heteroatoms. The van der Waals surface area contributed by atoms with Crippen molar-refractivity contribution >= 4 is 12.0 Å². The molecule has 1 aromatic heterocycles. The summed E-state index contributed by atoms with van der Waals surface area (Å²) in [6, 6.07) is 1.78. The molecule has 1 saturated carbocycles. The highest BCUT2D eigenvalue weighted by atomic mass is 16.6. The predicted octanol–water partition coefficient (Wildman–Crippen LogP) is 2.68. The molecule has 7 nitrogen and oxygen atoms in total. The molecule has 1 aliphatic heterocycles. The van der Waals surface area contributed by atoms with Crippen molar-refractivity contribution in [2.24, 2.45) is 0 Å². The van der Waals surface area contributed by atoms with E-state index in [1.54, 1.807) is 11.0 Å². The van der Waals surface area contributed by atoms with Gasteiger partial charge in [0.05, 0.1) is 0 Å². The maximum Gasteiger partial charge on any atom is 0.410 e. The molecule has 2 amide bonds. The molecule has 1 saturated heterocycles. The Kier molecular flexibility index (Phi) is 4.51. The lowest BCUT2D eigenvalue weighted by atomic mass is 10.1. The molecule has 2 fully saturated rings. The first-order valence-electron chi connectivity index (χ1n) is 8.57. The molecule has 0 bridgehead atoms. The van der Waals surface area contributed by atoms with Crippen molar-refractivity contribution in [1.82, 2.24) is 15.4 Å². The van der Waals surface area contributed by atoms with Gasteiger partial charge in [0, 0.05) is 31.1 Å². The monoisotopic (exact) mass is 335 g/mol. The second-order valence-corrected chi connectivity index (χ2v) is 7.60. The van der Waals surface area contributed by atoms with Crippen molar-refractivity contribution in [1.29, 1.82) is 0 Å². The van der Waals surface area contributed by atoms with Gasteiger partial charge in [0.15, 0.2) is 5.69 Å². The molecular weight excluding hydrogens is 310 g/mol. The lowest BCUT2D eigenvalue weighted by Crippen LogP contribution is -2.47. The Hall–Kier alpha value is -2.05. The van der Waals surface area contributed by atoms with E-state index in [0.29, 0.717) is 37.5 Å². The van der Waals surface area contributed by atoms with Crippen molar-refractivity contribution in [3.8, 4) is 0 Å². The molecule has 2 heterocycles. The van der Waals surface area contributed by atoms with E-state index in [-0.39, 0.29) is 18.0 Å². The highest BCUT2D eigenvalue weighted by Crippen LogP contribution is 2.40. The largest absolute Gasteiger partial charge is 0.444 e. The summed E-state index contributed by atoms with van der Waals surface area (Å²) in [7, 11) is 0.